The van der Waals surface area contributed by atoms with E-state index in [1.54, 1.807) is 0 Å². The Kier molecular flexibility index (Phi) is 5.61. The first kappa shape index (κ1) is 22.6. The Balaban J connectivity index is 1.35. The monoisotopic (exact) mass is 434 g/mol. The molecule has 0 aromatic heterocycles. The van der Waals surface area contributed by atoms with Gasteiger partial charge in [0.15, 0.2) is 5.79 Å². The van der Waals surface area contributed by atoms with Crippen LogP contribution in [0.25, 0.3) is 0 Å². The van der Waals surface area contributed by atoms with Crippen molar-refractivity contribution in [2.24, 2.45) is 52.3 Å². The number of hydrogen-bond donors (Lipinski definition) is 3. The van der Waals surface area contributed by atoms with E-state index >= 15 is 0 Å². The van der Waals surface area contributed by atoms with E-state index in [4.69, 9.17) is 4.74 Å². The van der Waals surface area contributed by atoms with Gasteiger partial charge < -0.3 is 20.1 Å². The summed E-state index contributed by atoms with van der Waals surface area (Å²) in [5, 5.41) is 31.1. The Bertz CT molecular complexity index is 682. The number of fused-ring (bicyclic) bond motifs is 7. The van der Waals surface area contributed by atoms with Crippen LogP contribution in [-0.4, -0.2) is 39.9 Å². The van der Waals surface area contributed by atoms with Crippen molar-refractivity contribution in [2.75, 3.05) is 6.61 Å². The molecular formula is C27H46O4. The molecule has 5 fully saturated rings. The summed E-state index contributed by atoms with van der Waals surface area (Å²) >= 11 is 0. The van der Waals surface area contributed by atoms with E-state index in [-0.39, 0.29) is 36.1 Å². The molecule has 0 spiro atoms. The van der Waals surface area contributed by atoms with Gasteiger partial charge in [0, 0.05) is 18.9 Å². The highest BCUT2D eigenvalue weighted by atomic mass is 16.6. The molecule has 0 radical (unpaired) electrons. The highest BCUT2D eigenvalue weighted by Crippen LogP contribution is 2.70. The predicted molar refractivity (Wildman–Crippen MR) is 121 cm³/mol. The Morgan fingerprint density at radius 1 is 1.00 bits per heavy atom. The van der Waals surface area contributed by atoms with Crippen molar-refractivity contribution in [3.05, 3.63) is 0 Å². The quantitative estimate of drug-likeness (QED) is 0.597. The van der Waals surface area contributed by atoms with Gasteiger partial charge in [0.25, 0.3) is 0 Å². The van der Waals surface area contributed by atoms with Crippen LogP contribution < -0.4 is 0 Å². The van der Waals surface area contributed by atoms with Crippen molar-refractivity contribution in [1.29, 1.82) is 0 Å². The summed E-state index contributed by atoms with van der Waals surface area (Å²) in [5.41, 5.74) is 0.685. The summed E-state index contributed by atoms with van der Waals surface area (Å²) in [5.74, 6) is 2.81. The third kappa shape index (κ3) is 3.29. The Hall–Kier alpha value is -0.160. The van der Waals surface area contributed by atoms with Gasteiger partial charge in [-0.3, -0.25) is 0 Å². The van der Waals surface area contributed by atoms with E-state index in [1.165, 1.54) is 32.1 Å². The van der Waals surface area contributed by atoms with E-state index in [0.29, 0.717) is 29.6 Å². The molecule has 0 bridgehead atoms. The number of aliphatic hydroxyl groups is 3. The summed E-state index contributed by atoms with van der Waals surface area (Å²) in [4.78, 5) is 0. The van der Waals surface area contributed by atoms with Crippen LogP contribution in [-0.2, 0) is 4.74 Å². The fraction of sp³-hybridized carbons (Fsp3) is 1.00. The topological polar surface area (TPSA) is 69.9 Å². The molecule has 4 aliphatic carbocycles. The minimum Gasteiger partial charge on any atom is -0.396 e. The van der Waals surface area contributed by atoms with Crippen LogP contribution in [0.15, 0.2) is 0 Å². The first-order valence-corrected chi connectivity index (χ1v) is 13.3. The molecule has 4 saturated carbocycles. The second-order valence-electron chi connectivity index (χ2n) is 13.0. The van der Waals surface area contributed by atoms with Crippen LogP contribution in [0.1, 0.15) is 91.9 Å². The summed E-state index contributed by atoms with van der Waals surface area (Å²) < 4.78 is 6.50. The molecule has 5 rings (SSSR count). The average Bonchev–Trinajstić information content (AvgIpc) is 3.17. The highest BCUT2D eigenvalue weighted by molar-refractivity contribution is 5.14. The van der Waals surface area contributed by atoms with E-state index in [9.17, 15) is 15.3 Å². The highest BCUT2D eigenvalue weighted by Gasteiger charge is 2.68. The Labute approximate surface area is 189 Å². The fourth-order valence-electron chi connectivity index (χ4n) is 9.76. The lowest BCUT2D eigenvalue weighted by Crippen LogP contribution is -2.54. The van der Waals surface area contributed by atoms with Gasteiger partial charge in [0.1, 0.15) is 0 Å². The normalized spacial score (nSPS) is 57.0. The third-order valence-corrected chi connectivity index (χ3v) is 11.6. The average molecular weight is 435 g/mol. The number of hydrogen-bond acceptors (Lipinski definition) is 4. The molecule has 1 aliphatic heterocycles. The van der Waals surface area contributed by atoms with Gasteiger partial charge in [0.2, 0.25) is 0 Å². The maximum absolute atomic E-state index is 11.4. The largest absolute Gasteiger partial charge is 0.396 e. The summed E-state index contributed by atoms with van der Waals surface area (Å²) in [6.07, 6.45) is 11.1. The lowest BCUT2D eigenvalue weighted by Gasteiger charge is -2.61. The van der Waals surface area contributed by atoms with Crippen LogP contribution in [0, 0.1) is 52.3 Å². The molecule has 1 saturated heterocycles. The van der Waals surface area contributed by atoms with Crippen LogP contribution >= 0.6 is 0 Å². The Morgan fingerprint density at radius 2 is 1.74 bits per heavy atom. The van der Waals surface area contributed by atoms with Crippen molar-refractivity contribution in [1.82, 2.24) is 0 Å². The molecule has 1 heterocycles. The van der Waals surface area contributed by atoms with E-state index in [2.05, 4.69) is 20.8 Å². The second kappa shape index (κ2) is 7.68. The molecule has 4 nitrogen and oxygen atoms in total. The molecule has 4 heteroatoms. The van der Waals surface area contributed by atoms with Gasteiger partial charge >= 0.3 is 0 Å². The van der Waals surface area contributed by atoms with Gasteiger partial charge in [-0.2, -0.15) is 0 Å². The van der Waals surface area contributed by atoms with Gasteiger partial charge in [-0.15, -0.1) is 0 Å². The standard InChI is InChI=1S/C27H46O4/c1-16(15-28)7-12-27(30)17(2)24-23(31-27)14-22-20-6-5-18-13-19(29)8-10-25(18,3)21(20)9-11-26(22,24)4/h16-24,28-30H,5-15H2,1-4H3. The first-order valence-electron chi connectivity index (χ1n) is 13.3. The molecule has 3 N–H and O–H groups in total. The molecule has 0 aromatic carbocycles. The lowest BCUT2D eigenvalue weighted by molar-refractivity contribution is -0.222. The van der Waals surface area contributed by atoms with Gasteiger partial charge in [-0.05, 0) is 104 Å². The molecule has 12 unspecified atom stereocenters. The number of aliphatic hydroxyl groups excluding tert-OH is 2. The number of ether oxygens (including phenoxy) is 1. The van der Waals surface area contributed by atoms with Crippen LogP contribution in [0.3, 0.4) is 0 Å². The van der Waals surface area contributed by atoms with Crippen LogP contribution in [0.2, 0.25) is 0 Å². The van der Waals surface area contributed by atoms with E-state index < -0.39 is 5.79 Å². The minimum atomic E-state index is -1.02. The maximum atomic E-state index is 11.4. The van der Waals surface area contributed by atoms with Gasteiger partial charge in [0.05, 0.1) is 12.2 Å². The molecule has 0 aromatic rings. The lowest BCUT2D eigenvalue weighted by atomic mass is 9.44. The second-order valence-corrected chi connectivity index (χ2v) is 13.0. The smallest absolute Gasteiger partial charge is 0.168 e. The Morgan fingerprint density at radius 3 is 2.48 bits per heavy atom. The summed E-state index contributed by atoms with van der Waals surface area (Å²) in [7, 11) is 0. The molecule has 31 heavy (non-hydrogen) atoms. The van der Waals surface area contributed by atoms with Gasteiger partial charge in [-0.1, -0.05) is 27.7 Å². The van der Waals surface area contributed by atoms with Gasteiger partial charge in [-0.25, -0.2) is 0 Å². The maximum Gasteiger partial charge on any atom is 0.168 e. The van der Waals surface area contributed by atoms with E-state index in [1.807, 2.05) is 6.92 Å². The molecule has 12 atom stereocenters. The van der Waals surface area contributed by atoms with Crippen molar-refractivity contribution in [3.63, 3.8) is 0 Å². The predicted octanol–water partition coefficient (Wildman–Crippen LogP) is 4.75. The fourth-order valence-corrected chi connectivity index (χ4v) is 9.76. The molecule has 5 aliphatic rings. The first-order chi connectivity index (χ1) is 14.6. The van der Waals surface area contributed by atoms with Crippen LogP contribution in [0.4, 0.5) is 0 Å². The summed E-state index contributed by atoms with van der Waals surface area (Å²) in [6.45, 7) is 9.54. The van der Waals surface area contributed by atoms with Crippen molar-refractivity contribution < 1.29 is 20.1 Å². The van der Waals surface area contributed by atoms with E-state index in [0.717, 1.165) is 37.5 Å². The SMILES string of the molecule is CC(CO)CCC1(O)OC2CC3C4CCC5CC(O)CCC5(C)C4CCC3(C)C2C1C. The summed E-state index contributed by atoms with van der Waals surface area (Å²) in [6, 6.07) is 0. The zero-order valence-corrected chi connectivity index (χ0v) is 20.2. The van der Waals surface area contributed by atoms with Crippen molar-refractivity contribution in [3.8, 4) is 0 Å². The van der Waals surface area contributed by atoms with Crippen LogP contribution in [0.5, 0.6) is 0 Å². The van der Waals surface area contributed by atoms with Crippen molar-refractivity contribution in [2.45, 2.75) is 110 Å². The minimum absolute atomic E-state index is 0.0743. The third-order valence-electron chi connectivity index (χ3n) is 11.6. The zero-order chi connectivity index (χ0) is 22.2. The van der Waals surface area contributed by atoms with Crippen molar-refractivity contribution >= 4 is 0 Å². The molecule has 0 amide bonds. The molecular weight excluding hydrogens is 388 g/mol. The zero-order valence-electron chi connectivity index (χ0n) is 20.2. The molecule has 178 valence electrons. The number of rotatable bonds is 4.